The summed E-state index contributed by atoms with van der Waals surface area (Å²) in [5.41, 5.74) is 1.10. The van der Waals surface area contributed by atoms with Crippen LogP contribution in [0.15, 0.2) is 39.8 Å². The summed E-state index contributed by atoms with van der Waals surface area (Å²) in [5.74, 6) is 1.75. The zero-order chi connectivity index (χ0) is 15.2. The second-order valence-corrected chi connectivity index (χ2v) is 6.53. The Morgan fingerprint density at radius 1 is 1.48 bits per heavy atom. The van der Waals surface area contributed by atoms with Crippen LogP contribution in [-0.2, 0) is 6.54 Å². The number of aryl methyl sites for hydroxylation is 1. The zero-order valence-corrected chi connectivity index (χ0v) is 14.9. The quantitative estimate of drug-likeness (QED) is 0.754. The van der Waals surface area contributed by atoms with Crippen LogP contribution in [0.3, 0.4) is 0 Å². The van der Waals surface area contributed by atoms with E-state index in [0.29, 0.717) is 0 Å². The van der Waals surface area contributed by atoms with Crippen molar-refractivity contribution in [1.82, 2.24) is 15.1 Å². The first-order valence-electron chi connectivity index (χ1n) is 6.84. The van der Waals surface area contributed by atoms with E-state index in [4.69, 9.17) is 4.74 Å². The summed E-state index contributed by atoms with van der Waals surface area (Å²) >= 11 is 5.32. The Balaban J connectivity index is 2.15. The molecule has 0 radical (unpaired) electrons. The van der Waals surface area contributed by atoms with Crippen molar-refractivity contribution in [3.05, 3.63) is 40.6 Å². The van der Waals surface area contributed by atoms with Crippen molar-refractivity contribution >= 4 is 27.7 Å². The molecule has 2 rings (SSSR count). The molecule has 0 saturated heterocycles. The first-order valence-corrected chi connectivity index (χ1v) is 8.62. The third kappa shape index (κ3) is 4.02. The van der Waals surface area contributed by atoms with Crippen LogP contribution in [0, 0.1) is 0 Å². The van der Waals surface area contributed by atoms with E-state index in [0.717, 1.165) is 28.2 Å². The molecule has 1 aromatic carbocycles. The van der Waals surface area contributed by atoms with Gasteiger partial charge in [0.1, 0.15) is 0 Å². The lowest BCUT2D eigenvalue weighted by Gasteiger charge is -2.18. The Morgan fingerprint density at radius 3 is 2.90 bits per heavy atom. The summed E-state index contributed by atoms with van der Waals surface area (Å²) in [6.45, 7) is 2.92. The van der Waals surface area contributed by atoms with E-state index in [1.165, 1.54) is 4.90 Å². The lowest BCUT2D eigenvalue weighted by molar-refractivity contribution is 0.399. The normalized spacial score (nSPS) is 12.4. The number of hydrogen-bond acceptors (Lipinski definition) is 4. The van der Waals surface area contributed by atoms with Crippen molar-refractivity contribution in [1.29, 1.82) is 0 Å². The molecule has 4 nitrogen and oxygen atoms in total. The lowest BCUT2D eigenvalue weighted by atomic mass is 10.2. The van der Waals surface area contributed by atoms with Crippen LogP contribution in [0.4, 0.5) is 0 Å². The van der Waals surface area contributed by atoms with Gasteiger partial charge in [0.15, 0.2) is 5.75 Å². The molecule has 1 unspecified atom stereocenters. The zero-order valence-electron chi connectivity index (χ0n) is 12.5. The molecule has 0 amide bonds. The van der Waals surface area contributed by atoms with Gasteiger partial charge in [-0.15, -0.1) is 11.8 Å². The number of ether oxygens (including phenoxy) is 1. The minimum atomic E-state index is 0.186. The highest BCUT2D eigenvalue weighted by atomic mass is 79.9. The SMILES string of the molecule is CCn1ncc(OC)c1C(CSc1cccc(Br)c1)NC. The minimum Gasteiger partial charge on any atom is -0.493 e. The highest BCUT2D eigenvalue weighted by molar-refractivity contribution is 9.10. The molecule has 0 aliphatic carbocycles. The molecule has 0 aliphatic rings. The highest BCUT2D eigenvalue weighted by Crippen LogP contribution is 2.30. The molecule has 0 bridgehead atoms. The van der Waals surface area contributed by atoms with E-state index in [1.54, 1.807) is 13.3 Å². The molecule has 0 aliphatic heterocycles. The second-order valence-electron chi connectivity index (χ2n) is 4.52. The average Bonchev–Trinajstić information content (AvgIpc) is 2.91. The van der Waals surface area contributed by atoms with E-state index < -0.39 is 0 Å². The fourth-order valence-corrected chi connectivity index (χ4v) is 3.79. The summed E-state index contributed by atoms with van der Waals surface area (Å²) in [6.07, 6.45) is 1.78. The van der Waals surface area contributed by atoms with Gasteiger partial charge in [-0.3, -0.25) is 4.68 Å². The number of aromatic nitrogens is 2. The van der Waals surface area contributed by atoms with Gasteiger partial charge in [0, 0.05) is 21.7 Å². The fraction of sp³-hybridized carbons (Fsp3) is 0.400. The number of methoxy groups -OCH3 is 1. The molecule has 1 atom stereocenters. The number of rotatable bonds is 7. The third-order valence-corrected chi connectivity index (χ3v) is 4.84. The molecule has 1 heterocycles. The van der Waals surface area contributed by atoms with Crippen molar-refractivity contribution in [2.24, 2.45) is 0 Å². The Labute approximate surface area is 138 Å². The Hall–Kier alpha value is -0.980. The van der Waals surface area contributed by atoms with Gasteiger partial charge in [0.05, 0.1) is 25.0 Å². The molecular weight excluding hydrogens is 350 g/mol. The van der Waals surface area contributed by atoms with E-state index in [-0.39, 0.29) is 6.04 Å². The van der Waals surface area contributed by atoms with Gasteiger partial charge in [-0.2, -0.15) is 5.10 Å². The van der Waals surface area contributed by atoms with Gasteiger partial charge in [-0.25, -0.2) is 0 Å². The van der Waals surface area contributed by atoms with E-state index in [1.807, 2.05) is 29.6 Å². The lowest BCUT2D eigenvalue weighted by Crippen LogP contribution is -2.23. The van der Waals surface area contributed by atoms with Crippen molar-refractivity contribution in [2.45, 2.75) is 24.4 Å². The largest absolute Gasteiger partial charge is 0.493 e. The molecule has 2 aromatic rings. The van der Waals surface area contributed by atoms with Crippen LogP contribution in [0.25, 0.3) is 0 Å². The maximum Gasteiger partial charge on any atom is 0.161 e. The standard InChI is InChI=1S/C15H20BrN3OS/c1-4-19-15(14(20-3)9-18-19)13(17-2)10-21-12-7-5-6-11(16)8-12/h5-9,13,17H,4,10H2,1-3H3. The topological polar surface area (TPSA) is 39.1 Å². The highest BCUT2D eigenvalue weighted by Gasteiger charge is 2.20. The van der Waals surface area contributed by atoms with Crippen molar-refractivity contribution in [3.8, 4) is 5.75 Å². The van der Waals surface area contributed by atoms with Crippen LogP contribution < -0.4 is 10.1 Å². The Morgan fingerprint density at radius 2 is 2.29 bits per heavy atom. The van der Waals surface area contributed by atoms with Crippen LogP contribution in [0.2, 0.25) is 0 Å². The maximum atomic E-state index is 5.44. The molecule has 1 aromatic heterocycles. The van der Waals surface area contributed by atoms with Gasteiger partial charge in [-0.1, -0.05) is 22.0 Å². The molecule has 6 heteroatoms. The Bertz CT molecular complexity index is 567. The average molecular weight is 370 g/mol. The second kappa shape index (κ2) is 7.87. The third-order valence-electron chi connectivity index (χ3n) is 3.26. The summed E-state index contributed by atoms with van der Waals surface area (Å²) in [5, 5.41) is 7.74. The number of nitrogens with one attached hydrogen (secondary N) is 1. The fourth-order valence-electron chi connectivity index (χ4n) is 2.17. The smallest absolute Gasteiger partial charge is 0.161 e. The predicted octanol–water partition coefficient (Wildman–Crippen LogP) is 3.73. The van der Waals surface area contributed by atoms with Crippen LogP contribution in [-0.4, -0.2) is 29.7 Å². The molecule has 114 valence electrons. The van der Waals surface area contributed by atoms with Crippen molar-refractivity contribution in [3.63, 3.8) is 0 Å². The van der Waals surface area contributed by atoms with Crippen molar-refractivity contribution < 1.29 is 4.74 Å². The van der Waals surface area contributed by atoms with E-state index in [9.17, 15) is 0 Å². The van der Waals surface area contributed by atoms with Crippen LogP contribution >= 0.6 is 27.7 Å². The van der Waals surface area contributed by atoms with Gasteiger partial charge < -0.3 is 10.1 Å². The van der Waals surface area contributed by atoms with Crippen LogP contribution in [0.5, 0.6) is 5.75 Å². The van der Waals surface area contributed by atoms with Crippen LogP contribution in [0.1, 0.15) is 18.7 Å². The van der Waals surface area contributed by atoms with E-state index >= 15 is 0 Å². The molecule has 21 heavy (non-hydrogen) atoms. The van der Waals surface area contributed by atoms with Gasteiger partial charge >= 0.3 is 0 Å². The number of nitrogens with zero attached hydrogens (tertiary/aromatic N) is 2. The molecule has 0 saturated carbocycles. The number of benzene rings is 1. The molecule has 0 fully saturated rings. The van der Waals surface area contributed by atoms with E-state index in [2.05, 4.69) is 51.5 Å². The molecule has 0 spiro atoms. The summed E-state index contributed by atoms with van der Waals surface area (Å²) in [4.78, 5) is 1.24. The minimum absolute atomic E-state index is 0.186. The predicted molar refractivity (Wildman–Crippen MR) is 91.1 cm³/mol. The summed E-state index contributed by atoms with van der Waals surface area (Å²) in [6, 6.07) is 8.53. The Kier molecular flexibility index (Phi) is 6.14. The first kappa shape index (κ1) is 16.4. The summed E-state index contributed by atoms with van der Waals surface area (Å²) < 4.78 is 8.53. The van der Waals surface area contributed by atoms with Gasteiger partial charge in [0.2, 0.25) is 0 Å². The maximum absolute atomic E-state index is 5.44. The number of halogens is 1. The molecule has 1 N–H and O–H groups in total. The first-order chi connectivity index (χ1) is 10.2. The number of hydrogen-bond donors (Lipinski definition) is 1. The van der Waals surface area contributed by atoms with Gasteiger partial charge in [0.25, 0.3) is 0 Å². The van der Waals surface area contributed by atoms with Gasteiger partial charge in [-0.05, 0) is 32.2 Å². The molecular formula is C15H20BrN3OS. The summed E-state index contributed by atoms with van der Waals surface area (Å²) in [7, 11) is 3.66. The van der Waals surface area contributed by atoms with Crippen molar-refractivity contribution in [2.75, 3.05) is 19.9 Å². The number of thioether (sulfide) groups is 1. The monoisotopic (exact) mass is 369 g/mol.